The van der Waals surface area contributed by atoms with Crippen molar-refractivity contribution in [3.05, 3.63) is 54.9 Å². The van der Waals surface area contributed by atoms with Crippen molar-refractivity contribution in [2.45, 2.75) is 26.3 Å². The van der Waals surface area contributed by atoms with Crippen LogP contribution in [0.15, 0.2) is 54.9 Å². The summed E-state index contributed by atoms with van der Waals surface area (Å²) in [5, 5.41) is 9.10. The highest BCUT2D eigenvalue weighted by Crippen LogP contribution is 2.32. The second-order valence-electron chi connectivity index (χ2n) is 8.25. The molecule has 0 atom stereocenters. The Kier molecular flexibility index (Phi) is 4.22. The van der Waals surface area contributed by atoms with Gasteiger partial charge in [-0.25, -0.2) is 9.97 Å². The van der Waals surface area contributed by atoms with Gasteiger partial charge >= 0.3 is 0 Å². The average molecular weight is 413 g/mol. The predicted octanol–water partition coefficient (Wildman–Crippen LogP) is 4.96. The second-order valence-corrected chi connectivity index (χ2v) is 8.66. The first-order valence-electron chi connectivity index (χ1n) is 9.71. The van der Waals surface area contributed by atoms with E-state index in [1.54, 1.807) is 12.4 Å². The maximum absolute atomic E-state index is 5.42. The van der Waals surface area contributed by atoms with Crippen LogP contribution in [0.5, 0.6) is 0 Å². The molecule has 0 saturated heterocycles. The van der Waals surface area contributed by atoms with Gasteiger partial charge in [-0.3, -0.25) is 9.97 Å². The van der Waals surface area contributed by atoms with Crippen molar-refractivity contribution in [2.24, 2.45) is 0 Å². The first kappa shape index (κ1) is 18.6. The second kappa shape index (κ2) is 6.81. The molecule has 0 spiro atoms. The van der Waals surface area contributed by atoms with Crippen LogP contribution >= 0.6 is 12.2 Å². The van der Waals surface area contributed by atoms with E-state index < -0.39 is 0 Å². The minimum Gasteiger partial charge on any atom is -0.358 e. The minimum atomic E-state index is -0.115. The van der Waals surface area contributed by atoms with Gasteiger partial charge in [-0.1, -0.05) is 12.1 Å². The lowest BCUT2D eigenvalue weighted by Gasteiger charge is -2.23. The van der Waals surface area contributed by atoms with Gasteiger partial charge in [-0.15, -0.1) is 0 Å². The van der Waals surface area contributed by atoms with Crippen LogP contribution in [0.25, 0.3) is 43.9 Å². The maximum atomic E-state index is 5.42. The number of benzene rings is 2. The quantitative estimate of drug-likeness (QED) is 0.229. The van der Waals surface area contributed by atoms with Gasteiger partial charge in [0.2, 0.25) is 0 Å². The number of hydrogen-bond donors (Lipinski definition) is 2. The molecule has 2 N–H and O–H groups in total. The summed E-state index contributed by atoms with van der Waals surface area (Å²) in [5.41, 5.74) is 5.47. The highest BCUT2D eigenvalue weighted by Gasteiger charge is 2.15. The van der Waals surface area contributed by atoms with Crippen LogP contribution in [0.4, 0.5) is 5.69 Å². The first-order valence-corrected chi connectivity index (χ1v) is 10.1. The molecule has 0 bridgehead atoms. The van der Waals surface area contributed by atoms with E-state index in [9.17, 15) is 0 Å². The Morgan fingerprint density at radius 3 is 2.00 bits per heavy atom. The molecule has 0 amide bonds. The molecule has 0 radical (unpaired) electrons. The summed E-state index contributed by atoms with van der Waals surface area (Å²) in [4.78, 5) is 19.0. The Bertz CT molecular complexity index is 1460. The molecular weight excluding hydrogens is 392 g/mol. The molecule has 3 aromatic heterocycles. The van der Waals surface area contributed by atoms with E-state index in [1.807, 2.05) is 42.5 Å². The van der Waals surface area contributed by atoms with Crippen molar-refractivity contribution < 1.29 is 0 Å². The summed E-state index contributed by atoms with van der Waals surface area (Å²) in [6, 6.07) is 13.8. The molecular formula is C23H20N6S. The Balaban J connectivity index is 1.71. The van der Waals surface area contributed by atoms with Crippen LogP contribution < -0.4 is 10.6 Å². The van der Waals surface area contributed by atoms with Crippen molar-refractivity contribution >= 4 is 66.9 Å². The standard InChI is InChI=1S/C23H20N6S/c1-23(2,3)29-22(30)26-13-8-9-16-17(12-13)28-21-19-15(7-5-11-25-19)14-6-4-10-24-18(14)20(21)27-16/h4-12H,1-3H3,(H2,26,29,30). The average Bonchev–Trinajstić information content (AvgIpc) is 2.71. The smallest absolute Gasteiger partial charge is 0.171 e. The highest BCUT2D eigenvalue weighted by molar-refractivity contribution is 7.80. The van der Waals surface area contributed by atoms with Crippen LogP contribution in [0.3, 0.4) is 0 Å². The van der Waals surface area contributed by atoms with E-state index >= 15 is 0 Å². The number of anilines is 1. The van der Waals surface area contributed by atoms with E-state index in [0.29, 0.717) is 5.11 Å². The molecule has 0 unspecified atom stereocenters. The largest absolute Gasteiger partial charge is 0.358 e. The molecule has 2 aromatic carbocycles. The fourth-order valence-electron chi connectivity index (χ4n) is 3.59. The normalized spacial score (nSPS) is 12.0. The molecule has 7 heteroatoms. The zero-order chi connectivity index (χ0) is 20.9. The van der Waals surface area contributed by atoms with E-state index in [4.69, 9.17) is 22.2 Å². The third kappa shape index (κ3) is 3.27. The number of rotatable bonds is 1. The van der Waals surface area contributed by atoms with Crippen LogP contribution in [0.1, 0.15) is 20.8 Å². The third-order valence-corrected chi connectivity index (χ3v) is 4.97. The van der Waals surface area contributed by atoms with Crippen molar-refractivity contribution in [1.82, 2.24) is 25.3 Å². The zero-order valence-corrected chi connectivity index (χ0v) is 17.7. The predicted molar refractivity (Wildman–Crippen MR) is 127 cm³/mol. The Morgan fingerprint density at radius 2 is 1.40 bits per heavy atom. The van der Waals surface area contributed by atoms with Gasteiger partial charge in [0.05, 0.1) is 22.1 Å². The summed E-state index contributed by atoms with van der Waals surface area (Å²) in [6.07, 6.45) is 3.57. The summed E-state index contributed by atoms with van der Waals surface area (Å²) in [6.45, 7) is 6.19. The molecule has 30 heavy (non-hydrogen) atoms. The molecule has 0 fully saturated rings. The lowest BCUT2D eigenvalue weighted by molar-refractivity contribution is 0.515. The lowest BCUT2D eigenvalue weighted by atomic mass is 10.1. The number of aromatic nitrogens is 4. The van der Waals surface area contributed by atoms with Crippen molar-refractivity contribution in [3.8, 4) is 0 Å². The number of hydrogen-bond acceptors (Lipinski definition) is 5. The van der Waals surface area contributed by atoms with Crippen molar-refractivity contribution in [3.63, 3.8) is 0 Å². The molecule has 5 aromatic rings. The molecule has 6 nitrogen and oxygen atoms in total. The van der Waals surface area contributed by atoms with E-state index in [2.05, 4.69) is 41.4 Å². The van der Waals surface area contributed by atoms with Gasteiger partial charge < -0.3 is 10.6 Å². The number of thiocarbonyl (C=S) groups is 1. The fraction of sp³-hybridized carbons (Fsp3) is 0.174. The summed E-state index contributed by atoms with van der Waals surface area (Å²) < 4.78 is 0. The van der Waals surface area contributed by atoms with Gasteiger partial charge in [0.15, 0.2) is 5.11 Å². The van der Waals surface area contributed by atoms with Crippen molar-refractivity contribution in [1.29, 1.82) is 0 Å². The molecule has 0 aliphatic heterocycles. The van der Waals surface area contributed by atoms with Crippen molar-refractivity contribution in [2.75, 3.05) is 5.32 Å². The fourth-order valence-corrected chi connectivity index (χ4v) is 4.01. The van der Waals surface area contributed by atoms with E-state index in [0.717, 1.165) is 49.6 Å². The summed E-state index contributed by atoms with van der Waals surface area (Å²) >= 11 is 5.42. The Labute approximate surface area is 178 Å². The van der Waals surface area contributed by atoms with E-state index in [-0.39, 0.29) is 5.54 Å². The number of pyridine rings is 2. The van der Waals surface area contributed by atoms with E-state index in [1.165, 1.54) is 0 Å². The van der Waals surface area contributed by atoms with Crippen LogP contribution in [0, 0.1) is 0 Å². The number of fused-ring (bicyclic) bond motifs is 7. The molecule has 148 valence electrons. The van der Waals surface area contributed by atoms with Crippen LogP contribution in [0.2, 0.25) is 0 Å². The molecule has 3 heterocycles. The van der Waals surface area contributed by atoms with Gasteiger partial charge in [-0.2, -0.15) is 0 Å². The third-order valence-electron chi connectivity index (χ3n) is 4.76. The SMILES string of the molecule is CC(C)(C)NC(=S)Nc1ccc2nc3c4ncccc4c4cccnc4c3nc2c1. The Morgan fingerprint density at radius 1 is 0.800 bits per heavy atom. The monoisotopic (exact) mass is 412 g/mol. The summed E-state index contributed by atoms with van der Waals surface area (Å²) in [7, 11) is 0. The lowest BCUT2D eigenvalue weighted by Crippen LogP contribution is -2.42. The summed E-state index contributed by atoms with van der Waals surface area (Å²) in [5.74, 6) is 0. The molecule has 5 rings (SSSR count). The highest BCUT2D eigenvalue weighted by atomic mass is 32.1. The molecule has 0 aliphatic rings. The van der Waals surface area contributed by atoms with Gasteiger partial charge in [-0.05, 0) is 63.3 Å². The van der Waals surface area contributed by atoms with Gasteiger partial charge in [0.25, 0.3) is 0 Å². The van der Waals surface area contributed by atoms with Gasteiger partial charge in [0, 0.05) is 34.4 Å². The first-order chi connectivity index (χ1) is 14.4. The topological polar surface area (TPSA) is 75.6 Å². The van der Waals surface area contributed by atoms with Crippen LogP contribution in [-0.4, -0.2) is 30.6 Å². The number of nitrogens with zero attached hydrogens (tertiary/aromatic N) is 4. The zero-order valence-electron chi connectivity index (χ0n) is 16.9. The maximum Gasteiger partial charge on any atom is 0.171 e. The number of nitrogens with one attached hydrogen (secondary N) is 2. The molecule has 0 saturated carbocycles. The minimum absolute atomic E-state index is 0.115. The van der Waals surface area contributed by atoms with Crippen LogP contribution in [-0.2, 0) is 0 Å². The molecule has 0 aliphatic carbocycles. The Hall–Kier alpha value is -3.45. The van der Waals surface area contributed by atoms with Gasteiger partial charge in [0.1, 0.15) is 11.0 Å².